The highest BCUT2D eigenvalue weighted by Gasteiger charge is 2.29. The predicted octanol–water partition coefficient (Wildman–Crippen LogP) is 2.20. The van der Waals surface area contributed by atoms with Gasteiger partial charge in [-0.05, 0) is 18.1 Å². The minimum absolute atomic E-state index is 0.151. The molecule has 2 heterocycles. The van der Waals surface area contributed by atoms with Crippen LogP contribution in [0.25, 0.3) is 0 Å². The van der Waals surface area contributed by atoms with Crippen LogP contribution in [-0.4, -0.2) is 50.5 Å². The fourth-order valence-electron chi connectivity index (χ4n) is 2.93. The largest absolute Gasteiger partial charge is 0.481 e. The van der Waals surface area contributed by atoms with Gasteiger partial charge >= 0.3 is 0 Å². The molecule has 1 amide bonds. The monoisotopic (exact) mass is 372 g/mol. The van der Waals surface area contributed by atoms with Gasteiger partial charge in [-0.3, -0.25) is 4.79 Å². The summed E-state index contributed by atoms with van der Waals surface area (Å²) in [6.45, 7) is 1.48. The molecule has 27 heavy (non-hydrogen) atoms. The number of ether oxygens (including phenoxy) is 4. The van der Waals surface area contributed by atoms with E-state index in [9.17, 15) is 4.79 Å². The van der Waals surface area contributed by atoms with Crippen LogP contribution in [0.1, 0.15) is 22.3 Å². The van der Waals surface area contributed by atoms with E-state index >= 15 is 0 Å². The third-order valence-corrected chi connectivity index (χ3v) is 4.41. The van der Waals surface area contributed by atoms with Gasteiger partial charge in [-0.1, -0.05) is 30.3 Å². The Hall–Kier alpha value is -2.64. The molecule has 2 atom stereocenters. The SMILES string of the molecule is COc1ccc(C(=O)N[C@@H]2CCOC[C@H]2OCc2ccccc2)c(OC)n1. The number of pyridine rings is 1. The number of benzene rings is 1. The molecular weight excluding hydrogens is 348 g/mol. The van der Waals surface area contributed by atoms with E-state index in [4.69, 9.17) is 18.9 Å². The fraction of sp³-hybridized carbons (Fsp3) is 0.400. The summed E-state index contributed by atoms with van der Waals surface area (Å²) < 4.78 is 21.8. The van der Waals surface area contributed by atoms with E-state index in [1.807, 2.05) is 30.3 Å². The van der Waals surface area contributed by atoms with Crippen molar-refractivity contribution in [1.29, 1.82) is 0 Å². The first-order valence-corrected chi connectivity index (χ1v) is 8.84. The topological polar surface area (TPSA) is 78.9 Å². The molecule has 0 spiro atoms. The Bertz CT molecular complexity index is 753. The average Bonchev–Trinajstić information content (AvgIpc) is 2.73. The van der Waals surface area contributed by atoms with Gasteiger partial charge in [0.1, 0.15) is 11.7 Å². The molecule has 1 aliphatic rings. The Kier molecular flexibility index (Phi) is 6.62. The standard InChI is InChI=1S/C20H24N2O5/c1-24-18-9-8-15(20(22-18)25-2)19(23)21-16-10-11-26-13-17(16)27-12-14-6-4-3-5-7-14/h3-9,16-17H,10-13H2,1-2H3,(H,21,23)/t16-,17-/m1/s1. The molecule has 0 bridgehead atoms. The first-order valence-electron chi connectivity index (χ1n) is 8.84. The lowest BCUT2D eigenvalue weighted by Crippen LogP contribution is -2.50. The Labute approximate surface area is 158 Å². The van der Waals surface area contributed by atoms with Crippen molar-refractivity contribution in [3.05, 3.63) is 53.6 Å². The van der Waals surface area contributed by atoms with Crippen LogP contribution in [0.15, 0.2) is 42.5 Å². The van der Waals surface area contributed by atoms with Crippen LogP contribution in [0.2, 0.25) is 0 Å². The van der Waals surface area contributed by atoms with Gasteiger partial charge in [0.15, 0.2) is 0 Å². The molecule has 0 aliphatic carbocycles. The van der Waals surface area contributed by atoms with Crippen molar-refractivity contribution >= 4 is 5.91 Å². The van der Waals surface area contributed by atoms with Crippen LogP contribution in [0.4, 0.5) is 0 Å². The van der Waals surface area contributed by atoms with Crippen molar-refractivity contribution in [3.63, 3.8) is 0 Å². The first-order chi connectivity index (χ1) is 13.2. The summed E-state index contributed by atoms with van der Waals surface area (Å²) >= 11 is 0. The summed E-state index contributed by atoms with van der Waals surface area (Å²) in [6.07, 6.45) is 0.456. The molecule has 1 aromatic carbocycles. The molecule has 0 unspecified atom stereocenters. The minimum Gasteiger partial charge on any atom is -0.481 e. The molecule has 1 saturated heterocycles. The van der Waals surface area contributed by atoms with Crippen molar-refractivity contribution in [2.75, 3.05) is 27.4 Å². The second-order valence-corrected chi connectivity index (χ2v) is 6.19. The van der Waals surface area contributed by atoms with Gasteiger partial charge in [0, 0.05) is 12.7 Å². The molecular formula is C20H24N2O5. The second kappa shape index (κ2) is 9.34. The maximum atomic E-state index is 12.7. The van der Waals surface area contributed by atoms with Crippen molar-refractivity contribution in [3.8, 4) is 11.8 Å². The molecule has 144 valence electrons. The lowest BCUT2D eigenvalue weighted by Gasteiger charge is -2.32. The Morgan fingerprint density at radius 1 is 1.19 bits per heavy atom. The number of hydrogen-bond donors (Lipinski definition) is 1. The maximum Gasteiger partial charge on any atom is 0.257 e. The Morgan fingerprint density at radius 3 is 2.74 bits per heavy atom. The third-order valence-electron chi connectivity index (χ3n) is 4.41. The van der Waals surface area contributed by atoms with Gasteiger partial charge in [0.2, 0.25) is 11.8 Å². The van der Waals surface area contributed by atoms with Gasteiger partial charge in [0.25, 0.3) is 5.91 Å². The number of carbonyl (C=O) groups excluding carboxylic acids is 1. The van der Waals surface area contributed by atoms with Crippen LogP contribution >= 0.6 is 0 Å². The third kappa shape index (κ3) is 4.96. The molecule has 2 aromatic rings. The lowest BCUT2D eigenvalue weighted by atomic mass is 10.1. The number of nitrogens with zero attached hydrogens (tertiary/aromatic N) is 1. The molecule has 1 aliphatic heterocycles. The van der Waals surface area contributed by atoms with Crippen LogP contribution < -0.4 is 14.8 Å². The van der Waals surface area contributed by atoms with E-state index in [1.54, 1.807) is 12.1 Å². The number of hydrogen-bond acceptors (Lipinski definition) is 6. The summed E-state index contributed by atoms with van der Waals surface area (Å²) in [6, 6.07) is 13.0. The quantitative estimate of drug-likeness (QED) is 0.803. The number of aromatic nitrogens is 1. The van der Waals surface area contributed by atoms with E-state index in [0.29, 0.717) is 37.7 Å². The normalized spacial score (nSPS) is 19.3. The molecule has 0 saturated carbocycles. The van der Waals surface area contributed by atoms with Crippen LogP contribution in [0.3, 0.4) is 0 Å². The highest BCUT2D eigenvalue weighted by Crippen LogP contribution is 2.21. The summed E-state index contributed by atoms with van der Waals surface area (Å²) in [7, 11) is 2.98. The lowest BCUT2D eigenvalue weighted by molar-refractivity contribution is -0.0736. The van der Waals surface area contributed by atoms with Gasteiger partial charge in [-0.25, -0.2) is 0 Å². The molecule has 7 heteroatoms. The van der Waals surface area contributed by atoms with Crippen molar-refractivity contribution in [2.24, 2.45) is 0 Å². The highest BCUT2D eigenvalue weighted by molar-refractivity contribution is 5.96. The van der Waals surface area contributed by atoms with E-state index < -0.39 is 0 Å². The zero-order valence-corrected chi connectivity index (χ0v) is 15.5. The number of carbonyl (C=O) groups is 1. The fourth-order valence-corrected chi connectivity index (χ4v) is 2.93. The van der Waals surface area contributed by atoms with Crippen molar-refractivity contribution in [1.82, 2.24) is 10.3 Å². The first kappa shape index (κ1) is 19.1. The highest BCUT2D eigenvalue weighted by atomic mass is 16.5. The number of nitrogens with one attached hydrogen (secondary N) is 1. The maximum absolute atomic E-state index is 12.7. The molecule has 7 nitrogen and oxygen atoms in total. The summed E-state index contributed by atoms with van der Waals surface area (Å²) in [4.78, 5) is 16.9. The number of methoxy groups -OCH3 is 2. The van der Waals surface area contributed by atoms with Gasteiger partial charge in [-0.15, -0.1) is 0 Å². The van der Waals surface area contributed by atoms with Crippen molar-refractivity contribution in [2.45, 2.75) is 25.2 Å². The molecule has 1 N–H and O–H groups in total. The number of rotatable bonds is 7. The van der Waals surface area contributed by atoms with E-state index in [2.05, 4.69) is 10.3 Å². The molecule has 1 aromatic heterocycles. The van der Waals surface area contributed by atoms with E-state index in [1.165, 1.54) is 14.2 Å². The predicted molar refractivity (Wildman–Crippen MR) is 99.1 cm³/mol. The average molecular weight is 372 g/mol. The Balaban J connectivity index is 1.66. The number of amides is 1. The zero-order chi connectivity index (χ0) is 19.1. The van der Waals surface area contributed by atoms with E-state index in [-0.39, 0.29) is 23.9 Å². The smallest absolute Gasteiger partial charge is 0.257 e. The summed E-state index contributed by atoms with van der Waals surface area (Å²) in [5.74, 6) is 0.349. The molecule has 1 fully saturated rings. The van der Waals surface area contributed by atoms with Crippen molar-refractivity contribution < 1.29 is 23.7 Å². The molecule has 3 rings (SSSR count). The van der Waals surface area contributed by atoms with Crippen LogP contribution in [0, 0.1) is 0 Å². The van der Waals surface area contributed by atoms with E-state index in [0.717, 1.165) is 5.56 Å². The second-order valence-electron chi connectivity index (χ2n) is 6.19. The summed E-state index contributed by atoms with van der Waals surface area (Å²) in [5.41, 5.74) is 1.43. The van der Waals surface area contributed by atoms with Gasteiger partial charge < -0.3 is 24.3 Å². The van der Waals surface area contributed by atoms with Crippen LogP contribution in [0.5, 0.6) is 11.8 Å². The molecule has 0 radical (unpaired) electrons. The van der Waals surface area contributed by atoms with Crippen LogP contribution in [-0.2, 0) is 16.1 Å². The minimum atomic E-state index is -0.262. The summed E-state index contributed by atoms with van der Waals surface area (Å²) in [5, 5.41) is 3.03. The van der Waals surface area contributed by atoms with Gasteiger partial charge in [-0.2, -0.15) is 4.98 Å². The van der Waals surface area contributed by atoms with Gasteiger partial charge in [0.05, 0.1) is 33.5 Å². The zero-order valence-electron chi connectivity index (χ0n) is 15.5. The Morgan fingerprint density at radius 2 is 2.00 bits per heavy atom.